The summed E-state index contributed by atoms with van der Waals surface area (Å²) < 4.78 is 2.23. The second kappa shape index (κ2) is 8.05. The van der Waals surface area contributed by atoms with E-state index in [-0.39, 0.29) is 0 Å². The fourth-order valence-corrected chi connectivity index (χ4v) is 4.04. The van der Waals surface area contributed by atoms with Crippen molar-refractivity contribution in [2.24, 2.45) is 4.99 Å². The predicted octanol–water partition coefficient (Wildman–Crippen LogP) is 3.13. The normalized spacial score (nSPS) is 17.5. The molecule has 1 aliphatic heterocycles. The molecule has 1 aliphatic rings. The third kappa shape index (κ3) is 3.83. The number of anilines is 1. The van der Waals surface area contributed by atoms with Crippen molar-refractivity contribution in [3.63, 3.8) is 0 Å². The summed E-state index contributed by atoms with van der Waals surface area (Å²) >= 11 is 6.25. The Kier molecular flexibility index (Phi) is 5.36. The van der Waals surface area contributed by atoms with Crippen LogP contribution in [0.15, 0.2) is 40.1 Å². The van der Waals surface area contributed by atoms with E-state index in [1.54, 1.807) is 11.3 Å². The molecule has 3 aromatic rings. The highest BCUT2D eigenvalue weighted by molar-refractivity contribution is 7.78. The van der Waals surface area contributed by atoms with E-state index >= 15 is 0 Å². The quantitative estimate of drug-likeness (QED) is 0.501. The van der Waals surface area contributed by atoms with Gasteiger partial charge in [-0.1, -0.05) is 12.1 Å². The molecule has 3 heterocycles. The lowest BCUT2D eigenvalue weighted by Crippen LogP contribution is -2.29. The molecule has 0 saturated carbocycles. The number of hydrogen-bond donors (Lipinski definition) is 1. The molecule has 0 amide bonds. The minimum Gasteiger partial charge on any atom is -0.352 e. The van der Waals surface area contributed by atoms with E-state index in [0.29, 0.717) is 6.04 Å². The molecule has 2 aromatic heterocycles. The van der Waals surface area contributed by atoms with E-state index in [4.69, 9.17) is 4.98 Å². The zero-order chi connectivity index (χ0) is 17.8. The van der Waals surface area contributed by atoms with E-state index in [9.17, 15) is 0 Å². The molecule has 8 heteroatoms. The molecular formula is C18H20N6S2. The summed E-state index contributed by atoms with van der Waals surface area (Å²) in [7, 11) is 0. The molecule has 4 rings (SSSR count). The number of aliphatic imine (C=N–C) groups is 1. The van der Waals surface area contributed by atoms with Crippen molar-refractivity contribution in [3.05, 3.63) is 40.8 Å². The Morgan fingerprint density at radius 1 is 1.38 bits per heavy atom. The highest BCUT2D eigenvalue weighted by Gasteiger charge is 2.24. The average Bonchev–Trinajstić information content (AvgIpc) is 3.38. The van der Waals surface area contributed by atoms with Gasteiger partial charge in [0.15, 0.2) is 0 Å². The summed E-state index contributed by atoms with van der Waals surface area (Å²) in [4.78, 5) is 15.7. The number of nitrogens with zero attached hydrogens (tertiary/aromatic N) is 5. The summed E-state index contributed by atoms with van der Waals surface area (Å²) in [5, 5.41) is 8.17. The van der Waals surface area contributed by atoms with Gasteiger partial charge in [-0.3, -0.25) is 4.90 Å². The van der Waals surface area contributed by atoms with Gasteiger partial charge in [0.25, 0.3) is 0 Å². The molecule has 0 radical (unpaired) electrons. The molecule has 134 valence electrons. The fraction of sp³-hybridized carbons (Fsp3) is 0.389. The Balaban J connectivity index is 1.52. The number of thiocarbonyl (C=S) groups is 1. The summed E-state index contributed by atoms with van der Waals surface area (Å²) in [5.41, 5.74) is 5.08. The number of nitrogens with one attached hydrogen (secondary N) is 1. The van der Waals surface area contributed by atoms with Gasteiger partial charge in [0.05, 0.1) is 40.5 Å². The second-order valence-electron chi connectivity index (χ2n) is 6.39. The van der Waals surface area contributed by atoms with Crippen LogP contribution >= 0.6 is 23.6 Å². The van der Waals surface area contributed by atoms with Crippen molar-refractivity contribution < 1.29 is 0 Å². The predicted molar refractivity (Wildman–Crippen MR) is 109 cm³/mol. The van der Waals surface area contributed by atoms with Crippen molar-refractivity contribution >= 4 is 45.7 Å². The zero-order valence-electron chi connectivity index (χ0n) is 14.3. The number of rotatable bonds is 7. The molecule has 1 saturated heterocycles. The molecule has 6 nitrogen and oxygen atoms in total. The van der Waals surface area contributed by atoms with Crippen LogP contribution in [0.3, 0.4) is 0 Å². The molecule has 0 spiro atoms. The topological polar surface area (TPSA) is 58.3 Å². The van der Waals surface area contributed by atoms with Crippen molar-refractivity contribution in [2.75, 3.05) is 31.5 Å². The third-order valence-electron chi connectivity index (χ3n) is 4.66. The minimum atomic E-state index is 0.387. The van der Waals surface area contributed by atoms with E-state index in [1.807, 2.05) is 11.6 Å². The number of fused-ring (bicyclic) bond motifs is 1. The maximum absolute atomic E-state index is 4.82. The molecule has 1 fully saturated rings. The largest absolute Gasteiger partial charge is 0.352 e. The molecule has 1 N–H and O–H groups in total. The first-order chi connectivity index (χ1) is 12.8. The molecule has 1 atom stereocenters. The Bertz CT molecular complexity index is 913. The highest BCUT2D eigenvalue weighted by atomic mass is 32.1. The monoisotopic (exact) mass is 384 g/mol. The van der Waals surface area contributed by atoms with Crippen LogP contribution < -0.4 is 5.32 Å². The first-order valence-corrected chi connectivity index (χ1v) is 10.0. The van der Waals surface area contributed by atoms with E-state index in [1.165, 1.54) is 0 Å². The van der Waals surface area contributed by atoms with Crippen LogP contribution in [-0.4, -0.2) is 56.8 Å². The summed E-state index contributed by atoms with van der Waals surface area (Å²) in [6, 6.07) is 8.64. The lowest BCUT2D eigenvalue weighted by Gasteiger charge is -2.17. The van der Waals surface area contributed by atoms with E-state index in [0.717, 1.165) is 61.8 Å². The standard InChI is InChI=1S/C18H20N6S2/c25-12-19-6-8-23-7-5-14(9-23)21-18-22-16-3-1-2-4-17(16)24(18)10-15-11-26-13-20-15/h1-4,11,13-14H,5-10H2,(H,21,22). The first-order valence-electron chi connectivity index (χ1n) is 8.68. The Morgan fingerprint density at radius 3 is 3.15 bits per heavy atom. The van der Waals surface area contributed by atoms with Gasteiger partial charge in [-0.25, -0.2) is 15.0 Å². The van der Waals surface area contributed by atoms with Crippen LogP contribution in [-0.2, 0) is 6.54 Å². The van der Waals surface area contributed by atoms with Gasteiger partial charge in [-0.05, 0) is 30.8 Å². The number of benzene rings is 1. The summed E-state index contributed by atoms with van der Waals surface area (Å²) in [6.45, 7) is 4.44. The van der Waals surface area contributed by atoms with Gasteiger partial charge >= 0.3 is 0 Å². The molecule has 1 unspecified atom stereocenters. The van der Waals surface area contributed by atoms with Crippen LogP contribution in [0.2, 0.25) is 0 Å². The molecular weight excluding hydrogens is 364 g/mol. The number of imidazole rings is 1. The highest BCUT2D eigenvalue weighted by Crippen LogP contribution is 2.23. The van der Waals surface area contributed by atoms with Crippen LogP contribution in [0.1, 0.15) is 12.1 Å². The van der Waals surface area contributed by atoms with Gasteiger partial charge < -0.3 is 9.88 Å². The Hall–Kier alpha value is -2.12. The lowest BCUT2D eigenvalue weighted by molar-refractivity contribution is 0.346. The van der Waals surface area contributed by atoms with Crippen molar-refractivity contribution in [2.45, 2.75) is 19.0 Å². The maximum atomic E-state index is 4.82. The van der Waals surface area contributed by atoms with Gasteiger partial charge in [0.2, 0.25) is 5.95 Å². The van der Waals surface area contributed by atoms with Crippen molar-refractivity contribution in [1.82, 2.24) is 19.4 Å². The van der Waals surface area contributed by atoms with E-state index < -0.39 is 0 Å². The molecule has 26 heavy (non-hydrogen) atoms. The molecule has 0 bridgehead atoms. The minimum absolute atomic E-state index is 0.387. The number of isothiocyanates is 1. The number of aromatic nitrogens is 3. The van der Waals surface area contributed by atoms with Crippen molar-refractivity contribution in [3.8, 4) is 0 Å². The molecule has 1 aromatic carbocycles. The van der Waals surface area contributed by atoms with Gasteiger partial charge in [-0.15, -0.1) is 11.3 Å². The Labute approximate surface area is 161 Å². The third-order valence-corrected chi connectivity index (χ3v) is 5.42. The smallest absolute Gasteiger partial charge is 0.204 e. The number of para-hydroxylation sites is 2. The van der Waals surface area contributed by atoms with Crippen LogP contribution in [0.25, 0.3) is 11.0 Å². The van der Waals surface area contributed by atoms with Gasteiger partial charge in [0, 0.05) is 31.1 Å². The second-order valence-corrected chi connectivity index (χ2v) is 7.29. The lowest BCUT2D eigenvalue weighted by atomic mass is 10.3. The van der Waals surface area contributed by atoms with Gasteiger partial charge in [0.1, 0.15) is 0 Å². The molecule has 0 aliphatic carbocycles. The SMILES string of the molecule is S=C=NCCN1CCC(Nc2nc3ccccc3n2Cc2cscn2)C1. The number of thiazole rings is 1. The maximum Gasteiger partial charge on any atom is 0.204 e. The van der Waals surface area contributed by atoms with Crippen LogP contribution in [0.4, 0.5) is 5.95 Å². The average molecular weight is 385 g/mol. The summed E-state index contributed by atoms with van der Waals surface area (Å²) in [6.07, 6.45) is 1.10. The number of likely N-dealkylation sites (tertiary alicyclic amines) is 1. The first kappa shape index (κ1) is 17.3. The van der Waals surface area contributed by atoms with Crippen LogP contribution in [0.5, 0.6) is 0 Å². The van der Waals surface area contributed by atoms with Crippen molar-refractivity contribution in [1.29, 1.82) is 0 Å². The van der Waals surface area contributed by atoms with Gasteiger partial charge in [-0.2, -0.15) is 0 Å². The van der Waals surface area contributed by atoms with E-state index in [2.05, 4.69) is 65.7 Å². The Morgan fingerprint density at radius 2 is 2.31 bits per heavy atom. The fourth-order valence-electron chi connectivity index (χ4n) is 3.40. The van der Waals surface area contributed by atoms with Crippen LogP contribution in [0, 0.1) is 0 Å². The summed E-state index contributed by atoms with van der Waals surface area (Å²) in [5.74, 6) is 0.919. The number of hydrogen-bond acceptors (Lipinski definition) is 7. The zero-order valence-corrected chi connectivity index (χ0v) is 16.0.